The van der Waals surface area contributed by atoms with Crippen molar-refractivity contribution in [2.75, 3.05) is 18.0 Å². The van der Waals surface area contributed by atoms with E-state index in [-0.39, 0.29) is 6.61 Å². The Bertz CT molecular complexity index is 1920. The first kappa shape index (κ1) is 27.9. The van der Waals surface area contributed by atoms with Crippen LogP contribution in [0.15, 0.2) is 65.3 Å². The Morgan fingerprint density at radius 3 is 2.41 bits per heavy atom. The highest BCUT2D eigenvalue weighted by Gasteiger charge is 2.34. The molecule has 3 aromatic carbocycles. The third-order valence-corrected chi connectivity index (χ3v) is 9.92. The number of fused-ring (bicyclic) bond motifs is 1. The van der Waals surface area contributed by atoms with Gasteiger partial charge in [0, 0.05) is 59.7 Å². The molecule has 0 bridgehead atoms. The van der Waals surface area contributed by atoms with Crippen molar-refractivity contribution in [3.63, 3.8) is 0 Å². The van der Waals surface area contributed by atoms with Crippen molar-refractivity contribution >= 4 is 57.4 Å². The van der Waals surface area contributed by atoms with Crippen LogP contribution in [0.5, 0.6) is 5.75 Å². The Hall–Kier alpha value is -3.65. The summed E-state index contributed by atoms with van der Waals surface area (Å²) in [5.74, 6) is 1.20. The van der Waals surface area contributed by atoms with Gasteiger partial charge in [-0.15, -0.1) is 0 Å². The lowest BCUT2D eigenvalue weighted by molar-refractivity contribution is 0.0698. The largest absolute Gasteiger partial charge is 0.489 e. The maximum absolute atomic E-state index is 11.9. The maximum atomic E-state index is 11.9. The summed E-state index contributed by atoms with van der Waals surface area (Å²) in [7, 11) is 0. The summed E-state index contributed by atoms with van der Waals surface area (Å²) in [5, 5.41) is 16.6. The summed E-state index contributed by atoms with van der Waals surface area (Å²) in [4.78, 5) is 14.2. The first-order valence-electron chi connectivity index (χ1n) is 14.8. The maximum Gasteiger partial charge on any atom is 0.337 e. The average Bonchev–Trinajstić information content (AvgIpc) is 3.92. The van der Waals surface area contributed by atoms with Crippen LogP contribution < -0.4 is 9.64 Å². The standard InChI is InChI=1S/C34H28Cl3N3O4/c35-26-2-1-3-27(36)31(26)32-25(33(44-38-32)18-4-5-18)17-43-22-9-11-30(28(37)13-22)39-14-20(15-39)19-6-10-29-23(12-19)24(34(41)42)16-40(29)21-7-8-21/h1-3,6,9-13,16,18,20-21H,4-5,7-8,14-15,17H2,(H,41,42). The molecule has 1 N–H and O–H groups in total. The summed E-state index contributed by atoms with van der Waals surface area (Å²) >= 11 is 19.8. The number of nitrogens with zero attached hydrogens (tertiary/aromatic N) is 3. The number of carboxylic acid groups (broad SMARTS) is 1. The Balaban J connectivity index is 0.976. The number of hydrogen-bond acceptors (Lipinski definition) is 5. The zero-order valence-corrected chi connectivity index (χ0v) is 25.9. The van der Waals surface area contributed by atoms with E-state index in [1.807, 2.05) is 18.2 Å². The van der Waals surface area contributed by atoms with Crippen molar-refractivity contribution in [1.29, 1.82) is 0 Å². The zero-order valence-electron chi connectivity index (χ0n) is 23.6. The van der Waals surface area contributed by atoms with E-state index in [0.29, 0.717) is 55.5 Å². The van der Waals surface area contributed by atoms with Crippen molar-refractivity contribution < 1.29 is 19.2 Å². The summed E-state index contributed by atoms with van der Waals surface area (Å²) in [6.45, 7) is 1.84. The van der Waals surface area contributed by atoms with Crippen LogP contribution in [0.4, 0.5) is 5.69 Å². The number of hydrogen-bond donors (Lipinski definition) is 1. The van der Waals surface area contributed by atoms with Crippen molar-refractivity contribution in [2.45, 2.75) is 50.2 Å². The molecule has 2 aromatic heterocycles. The second kappa shape index (κ2) is 10.8. The molecule has 0 amide bonds. The number of carbonyl (C=O) groups is 1. The van der Waals surface area contributed by atoms with E-state index in [2.05, 4.69) is 32.8 Å². The summed E-state index contributed by atoms with van der Waals surface area (Å²) in [6, 6.07) is 17.8. The van der Waals surface area contributed by atoms with E-state index < -0.39 is 5.97 Å². The van der Waals surface area contributed by atoms with Gasteiger partial charge in [0.25, 0.3) is 0 Å². The fourth-order valence-electron chi connectivity index (χ4n) is 6.28. The molecule has 1 aliphatic heterocycles. The highest BCUT2D eigenvalue weighted by Crippen LogP contribution is 2.47. The van der Waals surface area contributed by atoms with E-state index in [9.17, 15) is 9.90 Å². The number of ether oxygens (including phenoxy) is 1. The lowest BCUT2D eigenvalue weighted by Gasteiger charge is -2.42. The van der Waals surface area contributed by atoms with Crippen LogP contribution in [-0.2, 0) is 6.61 Å². The van der Waals surface area contributed by atoms with Gasteiger partial charge in [-0.1, -0.05) is 52.1 Å². The van der Waals surface area contributed by atoms with Gasteiger partial charge in [0.1, 0.15) is 23.8 Å². The van der Waals surface area contributed by atoms with Crippen molar-refractivity contribution in [2.24, 2.45) is 0 Å². The normalized spacial score (nSPS) is 16.8. The molecule has 10 heteroatoms. The van der Waals surface area contributed by atoms with Crippen LogP contribution in [0, 0.1) is 0 Å². The zero-order chi connectivity index (χ0) is 30.1. The molecule has 0 unspecified atom stereocenters. The minimum atomic E-state index is -0.882. The minimum absolute atomic E-state index is 0.247. The molecular formula is C34H28Cl3N3O4. The predicted molar refractivity (Wildman–Crippen MR) is 172 cm³/mol. The van der Waals surface area contributed by atoms with Crippen molar-refractivity contribution in [3.8, 4) is 17.0 Å². The molecular weight excluding hydrogens is 621 g/mol. The van der Waals surface area contributed by atoms with Crippen LogP contribution in [0.3, 0.4) is 0 Å². The van der Waals surface area contributed by atoms with Crippen molar-refractivity contribution in [1.82, 2.24) is 9.72 Å². The van der Waals surface area contributed by atoms with E-state index in [0.717, 1.165) is 72.3 Å². The van der Waals surface area contributed by atoms with E-state index in [4.69, 9.17) is 44.1 Å². The smallest absolute Gasteiger partial charge is 0.337 e. The topological polar surface area (TPSA) is 80.7 Å². The quantitative estimate of drug-likeness (QED) is 0.172. The molecule has 3 fully saturated rings. The molecule has 7 nitrogen and oxygen atoms in total. The van der Waals surface area contributed by atoms with E-state index in [1.54, 1.807) is 24.4 Å². The van der Waals surface area contributed by atoms with Crippen LogP contribution >= 0.6 is 34.8 Å². The molecule has 2 saturated carbocycles. The highest BCUT2D eigenvalue weighted by atomic mass is 35.5. The lowest BCUT2D eigenvalue weighted by Crippen LogP contribution is -2.45. The van der Waals surface area contributed by atoms with Gasteiger partial charge in [-0.05, 0) is 67.6 Å². The Labute approximate surface area is 268 Å². The number of aromatic carboxylic acids is 1. The Morgan fingerprint density at radius 1 is 0.955 bits per heavy atom. The third kappa shape index (κ3) is 4.91. The van der Waals surface area contributed by atoms with Crippen LogP contribution in [0.1, 0.15) is 70.8 Å². The highest BCUT2D eigenvalue weighted by molar-refractivity contribution is 6.39. The number of aromatic nitrogens is 2. The number of halogens is 3. The molecule has 44 heavy (non-hydrogen) atoms. The molecule has 3 heterocycles. The monoisotopic (exact) mass is 647 g/mol. The van der Waals surface area contributed by atoms with Crippen LogP contribution in [0.25, 0.3) is 22.2 Å². The third-order valence-electron chi connectivity index (χ3n) is 8.99. The van der Waals surface area contributed by atoms with Crippen LogP contribution in [0.2, 0.25) is 15.1 Å². The molecule has 3 aliphatic rings. The molecule has 0 radical (unpaired) electrons. The molecule has 2 aliphatic carbocycles. The lowest BCUT2D eigenvalue weighted by atomic mass is 9.90. The first-order chi connectivity index (χ1) is 21.4. The van der Waals surface area contributed by atoms with Gasteiger partial charge < -0.3 is 23.8 Å². The number of rotatable bonds is 9. The van der Waals surface area contributed by atoms with E-state index in [1.165, 1.54) is 0 Å². The first-order valence-corrected chi connectivity index (χ1v) is 16.0. The van der Waals surface area contributed by atoms with Gasteiger partial charge in [0.05, 0.1) is 31.9 Å². The molecule has 8 rings (SSSR count). The second-order valence-electron chi connectivity index (χ2n) is 12.0. The van der Waals surface area contributed by atoms with Gasteiger partial charge >= 0.3 is 5.97 Å². The summed E-state index contributed by atoms with van der Waals surface area (Å²) in [6.07, 6.45) is 6.11. The van der Waals surface area contributed by atoms with E-state index >= 15 is 0 Å². The molecule has 5 aromatic rings. The SMILES string of the molecule is O=C(O)c1cn(C2CC2)c2ccc(C3CN(c4ccc(OCc5c(-c6c(Cl)cccc6Cl)noc5C5CC5)cc4Cl)C3)cc12. The fourth-order valence-corrected chi connectivity index (χ4v) is 7.14. The number of carboxylic acids is 1. The summed E-state index contributed by atoms with van der Waals surface area (Å²) < 4.78 is 14.1. The predicted octanol–water partition coefficient (Wildman–Crippen LogP) is 9.35. The number of benzene rings is 3. The van der Waals surface area contributed by atoms with Gasteiger partial charge in [-0.2, -0.15) is 0 Å². The van der Waals surface area contributed by atoms with Crippen molar-refractivity contribution in [3.05, 3.63) is 98.3 Å². The second-order valence-corrected chi connectivity index (χ2v) is 13.2. The Morgan fingerprint density at radius 2 is 1.73 bits per heavy atom. The van der Waals surface area contributed by atoms with Crippen LogP contribution in [-0.4, -0.2) is 33.9 Å². The molecule has 224 valence electrons. The van der Waals surface area contributed by atoms with Gasteiger partial charge in [0.15, 0.2) is 0 Å². The van der Waals surface area contributed by atoms with Gasteiger partial charge in [-0.3, -0.25) is 0 Å². The van der Waals surface area contributed by atoms with Gasteiger partial charge in [0.2, 0.25) is 0 Å². The molecule has 0 spiro atoms. The number of anilines is 1. The summed E-state index contributed by atoms with van der Waals surface area (Å²) in [5.41, 5.74) is 5.57. The molecule has 1 saturated heterocycles. The Kier molecular flexibility index (Phi) is 6.81. The average molecular weight is 649 g/mol. The molecule has 0 atom stereocenters. The minimum Gasteiger partial charge on any atom is -0.489 e. The fraction of sp³-hybridized carbons (Fsp3) is 0.294. The van der Waals surface area contributed by atoms with Gasteiger partial charge in [-0.25, -0.2) is 4.79 Å².